The number of nitrogens with one attached hydrogen (secondary N) is 1. The van der Waals surface area contributed by atoms with Crippen LogP contribution in [0.1, 0.15) is 24.8 Å². The van der Waals surface area contributed by atoms with Crippen LogP contribution in [-0.2, 0) is 10.2 Å². The molecule has 92 valence electrons. The van der Waals surface area contributed by atoms with E-state index in [4.69, 9.17) is 5.73 Å². The van der Waals surface area contributed by atoms with Crippen molar-refractivity contribution in [1.29, 1.82) is 0 Å². The van der Waals surface area contributed by atoms with Crippen molar-refractivity contribution in [2.45, 2.75) is 24.7 Å². The minimum absolute atomic E-state index is 0.143. The molecule has 0 aliphatic heterocycles. The predicted octanol–water partition coefficient (Wildman–Crippen LogP) is 1.95. The molecule has 0 bridgehead atoms. The molecule has 0 spiro atoms. The van der Waals surface area contributed by atoms with Crippen molar-refractivity contribution in [2.75, 3.05) is 13.1 Å². The Morgan fingerprint density at radius 1 is 1.47 bits per heavy atom. The van der Waals surface area contributed by atoms with Gasteiger partial charge in [0.1, 0.15) is 0 Å². The lowest BCUT2D eigenvalue weighted by Gasteiger charge is -2.15. The second kappa shape index (κ2) is 5.19. The highest BCUT2D eigenvalue weighted by atomic mass is 79.9. The number of rotatable bonds is 5. The summed E-state index contributed by atoms with van der Waals surface area (Å²) in [6.45, 7) is 1.29. The van der Waals surface area contributed by atoms with Crippen LogP contribution in [0.25, 0.3) is 0 Å². The molecule has 0 atom stereocenters. The van der Waals surface area contributed by atoms with Gasteiger partial charge in [-0.3, -0.25) is 4.79 Å². The quantitative estimate of drug-likeness (QED) is 0.816. The maximum atomic E-state index is 12.1. The lowest BCUT2D eigenvalue weighted by atomic mass is 9.95. The molecule has 1 aromatic rings. The number of carbonyl (C=O) groups excluding carboxylic acids is 1. The van der Waals surface area contributed by atoms with Crippen LogP contribution in [0.5, 0.6) is 0 Å². The summed E-state index contributed by atoms with van der Waals surface area (Å²) in [5, 5.41) is 2.97. The van der Waals surface area contributed by atoms with Crippen molar-refractivity contribution in [1.82, 2.24) is 5.32 Å². The average molecular weight is 297 g/mol. The number of hydrogen-bond acceptors (Lipinski definition) is 2. The van der Waals surface area contributed by atoms with Crippen LogP contribution in [0.4, 0.5) is 0 Å². The van der Waals surface area contributed by atoms with E-state index >= 15 is 0 Å². The van der Waals surface area contributed by atoms with Gasteiger partial charge in [-0.2, -0.15) is 0 Å². The molecule has 1 saturated carbocycles. The van der Waals surface area contributed by atoms with E-state index in [1.54, 1.807) is 0 Å². The molecule has 0 radical (unpaired) electrons. The highest BCUT2D eigenvalue weighted by Crippen LogP contribution is 2.48. The molecule has 1 aliphatic carbocycles. The van der Waals surface area contributed by atoms with Gasteiger partial charge in [0.25, 0.3) is 0 Å². The first-order valence-electron chi connectivity index (χ1n) is 5.93. The Kier molecular flexibility index (Phi) is 3.84. The largest absolute Gasteiger partial charge is 0.355 e. The van der Waals surface area contributed by atoms with Crippen LogP contribution >= 0.6 is 15.9 Å². The maximum Gasteiger partial charge on any atom is 0.230 e. The summed E-state index contributed by atoms with van der Waals surface area (Å²) in [6, 6.07) is 8.02. The molecule has 2 rings (SSSR count). The van der Waals surface area contributed by atoms with Crippen LogP contribution < -0.4 is 11.1 Å². The maximum absolute atomic E-state index is 12.1. The Hall–Kier alpha value is -0.870. The normalized spacial score (nSPS) is 16.6. The van der Waals surface area contributed by atoms with E-state index in [-0.39, 0.29) is 11.3 Å². The van der Waals surface area contributed by atoms with E-state index in [2.05, 4.69) is 21.2 Å². The molecule has 4 heteroatoms. The molecule has 0 heterocycles. The van der Waals surface area contributed by atoms with E-state index in [0.717, 1.165) is 29.3 Å². The van der Waals surface area contributed by atoms with Crippen LogP contribution in [-0.4, -0.2) is 19.0 Å². The van der Waals surface area contributed by atoms with Crippen LogP contribution in [0.2, 0.25) is 0 Å². The van der Waals surface area contributed by atoms with E-state index in [1.807, 2.05) is 24.3 Å². The SMILES string of the molecule is NCCCNC(=O)C1(c2cccc(Br)c2)CC1. The Morgan fingerprint density at radius 3 is 2.82 bits per heavy atom. The molecule has 1 amide bonds. The molecule has 1 aliphatic rings. The molecule has 0 aromatic heterocycles. The van der Waals surface area contributed by atoms with Crippen molar-refractivity contribution in [2.24, 2.45) is 5.73 Å². The summed E-state index contributed by atoms with van der Waals surface area (Å²) in [6.07, 6.45) is 2.72. The van der Waals surface area contributed by atoms with E-state index in [9.17, 15) is 4.79 Å². The van der Waals surface area contributed by atoms with Crippen molar-refractivity contribution in [3.05, 3.63) is 34.3 Å². The van der Waals surface area contributed by atoms with Crippen molar-refractivity contribution in [3.8, 4) is 0 Å². The van der Waals surface area contributed by atoms with Gasteiger partial charge in [-0.05, 0) is 43.5 Å². The highest BCUT2D eigenvalue weighted by molar-refractivity contribution is 9.10. The number of halogens is 1. The van der Waals surface area contributed by atoms with Gasteiger partial charge >= 0.3 is 0 Å². The summed E-state index contributed by atoms with van der Waals surface area (Å²) in [4.78, 5) is 12.1. The fourth-order valence-corrected chi connectivity index (χ4v) is 2.43. The number of carbonyl (C=O) groups is 1. The number of nitrogens with two attached hydrogens (primary N) is 1. The zero-order valence-electron chi connectivity index (χ0n) is 9.71. The minimum atomic E-state index is -0.279. The fraction of sp³-hybridized carbons (Fsp3) is 0.462. The Balaban J connectivity index is 2.06. The van der Waals surface area contributed by atoms with Gasteiger partial charge in [0.05, 0.1) is 5.41 Å². The van der Waals surface area contributed by atoms with Gasteiger partial charge < -0.3 is 11.1 Å². The summed E-state index contributed by atoms with van der Waals surface area (Å²) >= 11 is 3.45. The van der Waals surface area contributed by atoms with Crippen molar-refractivity contribution < 1.29 is 4.79 Å². The first kappa shape index (κ1) is 12.6. The molecule has 1 fully saturated rings. The monoisotopic (exact) mass is 296 g/mol. The Morgan fingerprint density at radius 2 is 2.24 bits per heavy atom. The summed E-state index contributed by atoms with van der Waals surface area (Å²) < 4.78 is 1.02. The summed E-state index contributed by atoms with van der Waals surface area (Å²) in [5.74, 6) is 0.143. The number of benzene rings is 1. The second-order valence-electron chi connectivity index (χ2n) is 4.49. The molecule has 3 nitrogen and oxygen atoms in total. The Labute approximate surface area is 110 Å². The van der Waals surface area contributed by atoms with Crippen LogP contribution in [0.15, 0.2) is 28.7 Å². The second-order valence-corrected chi connectivity index (χ2v) is 5.41. The van der Waals surface area contributed by atoms with Crippen LogP contribution in [0.3, 0.4) is 0 Å². The van der Waals surface area contributed by atoms with Gasteiger partial charge in [0, 0.05) is 11.0 Å². The topological polar surface area (TPSA) is 55.1 Å². The molecular formula is C13H17BrN2O. The van der Waals surface area contributed by atoms with Crippen LogP contribution in [0, 0.1) is 0 Å². The lowest BCUT2D eigenvalue weighted by Crippen LogP contribution is -2.35. The van der Waals surface area contributed by atoms with E-state index < -0.39 is 0 Å². The average Bonchev–Trinajstić information content (AvgIpc) is 3.10. The smallest absolute Gasteiger partial charge is 0.230 e. The highest BCUT2D eigenvalue weighted by Gasteiger charge is 2.51. The summed E-state index contributed by atoms with van der Waals surface area (Å²) in [7, 11) is 0. The standard InChI is InChI=1S/C13H17BrN2O/c14-11-4-1-3-10(9-11)13(5-6-13)12(17)16-8-2-7-15/h1,3-4,9H,2,5-8,15H2,(H,16,17). The number of hydrogen-bond donors (Lipinski definition) is 2. The lowest BCUT2D eigenvalue weighted by molar-refractivity contribution is -0.123. The third-order valence-electron chi connectivity index (χ3n) is 3.23. The molecule has 0 unspecified atom stereocenters. The van der Waals surface area contributed by atoms with Gasteiger partial charge in [-0.15, -0.1) is 0 Å². The van der Waals surface area contributed by atoms with Gasteiger partial charge in [-0.25, -0.2) is 0 Å². The Bertz CT molecular complexity index is 416. The first-order chi connectivity index (χ1) is 8.19. The fourth-order valence-electron chi connectivity index (χ4n) is 2.03. The molecule has 0 saturated heterocycles. The van der Waals surface area contributed by atoms with Gasteiger partial charge in [0.2, 0.25) is 5.91 Å². The van der Waals surface area contributed by atoms with Crippen molar-refractivity contribution >= 4 is 21.8 Å². The molecular weight excluding hydrogens is 280 g/mol. The first-order valence-corrected chi connectivity index (χ1v) is 6.73. The third kappa shape index (κ3) is 2.69. The van der Waals surface area contributed by atoms with Gasteiger partial charge in [0.15, 0.2) is 0 Å². The number of amides is 1. The predicted molar refractivity (Wildman–Crippen MR) is 71.7 cm³/mol. The minimum Gasteiger partial charge on any atom is -0.355 e. The van der Waals surface area contributed by atoms with Crippen molar-refractivity contribution in [3.63, 3.8) is 0 Å². The molecule has 1 aromatic carbocycles. The van der Waals surface area contributed by atoms with E-state index in [0.29, 0.717) is 13.1 Å². The summed E-state index contributed by atoms with van der Waals surface area (Å²) in [5.41, 5.74) is 6.24. The molecule has 3 N–H and O–H groups in total. The zero-order chi connectivity index (χ0) is 12.3. The molecule has 17 heavy (non-hydrogen) atoms. The van der Waals surface area contributed by atoms with Gasteiger partial charge in [-0.1, -0.05) is 28.1 Å². The third-order valence-corrected chi connectivity index (χ3v) is 3.72. The zero-order valence-corrected chi connectivity index (χ0v) is 11.3. The van der Waals surface area contributed by atoms with E-state index in [1.165, 1.54) is 0 Å².